The third-order valence-corrected chi connectivity index (χ3v) is 18.9. The van der Waals surface area contributed by atoms with Gasteiger partial charge in [0.05, 0.1) is 45.8 Å². The Bertz CT molecular complexity index is 3540. The molecule has 4 aliphatic rings. The number of fused-ring (bicyclic) bond motifs is 3. The number of phosphoric ester groups is 2. The minimum Gasteiger partial charge on any atom is -0.497 e. The molecule has 0 saturated carbocycles. The van der Waals surface area contributed by atoms with Gasteiger partial charge in [-0.3, -0.25) is 51.3 Å². The zero-order valence-electron chi connectivity index (χ0n) is 57.8. The van der Waals surface area contributed by atoms with Crippen LogP contribution in [0.4, 0.5) is 16.4 Å². The summed E-state index contributed by atoms with van der Waals surface area (Å²) in [5.74, 6) is -1.32. The van der Waals surface area contributed by atoms with Gasteiger partial charge in [-0.1, -0.05) is 25.0 Å². The van der Waals surface area contributed by atoms with E-state index in [0.29, 0.717) is 54.9 Å². The number of aliphatic hydroxyl groups is 1. The molecule has 4 aliphatic heterocycles. The second-order valence-electron chi connectivity index (χ2n) is 26.1. The largest absolute Gasteiger partial charge is 0.497 e. The molecule has 36 nitrogen and oxygen atoms in total. The van der Waals surface area contributed by atoms with E-state index < -0.39 is 113 Å². The van der Waals surface area contributed by atoms with Gasteiger partial charge in [-0.15, -0.1) is 0 Å². The van der Waals surface area contributed by atoms with Crippen LogP contribution in [0.5, 0.6) is 5.75 Å². The predicted molar refractivity (Wildman–Crippen MR) is 363 cm³/mol. The van der Waals surface area contributed by atoms with E-state index in [2.05, 4.69) is 85.6 Å². The van der Waals surface area contributed by atoms with Gasteiger partial charge in [0, 0.05) is 118 Å². The van der Waals surface area contributed by atoms with Crippen LogP contribution in [0.25, 0.3) is 11.2 Å². The summed E-state index contributed by atoms with van der Waals surface area (Å²) in [6.07, 6.45) is 0.239. The quantitative estimate of drug-likeness (QED) is 0.0237. The first-order chi connectivity index (χ1) is 47.5. The topological polar surface area (TPSA) is 435 Å². The monoisotopic (exact) mass is 1450 g/mol. The lowest BCUT2D eigenvalue weighted by Gasteiger charge is -2.29. The Balaban J connectivity index is 0.924. The molecule has 10 N–H and O–H groups in total. The molecule has 0 spiro atoms. The van der Waals surface area contributed by atoms with Gasteiger partial charge in [0.15, 0.2) is 23.2 Å². The molecule has 100 heavy (non-hydrogen) atoms. The third kappa shape index (κ3) is 23.8. The summed E-state index contributed by atoms with van der Waals surface area (Å²) in [4.78, 5) is 130. The first kappa shape index (κ1) is 78.3. The summed E-state index contributed by atoms with van der Waals surface area (Å²) >= 11 is 0. The molecule has 1 aromatic carbocycles. The molecule has 38 heteroatoms. The number of amides is 5. The van der Waals surface area contributed by atoms with E-state index in [9.17, 15) is 52.8 Å². The number of hydrogen-bond donors (Lipinski definition) is 9. The Morgan fingerprint density at radius 2 is 1.46 bits per heavy atom. The highest BCUT2D eigenvalue weighted by Crippen LogP contribution is 2.51. The number of ether oxygens (including phenoxy) is 4. The number of hydrogen-bond acceptors (Lipinski definition) is 27. The van der Waals surface area contributed by atoms with Gasteiger partial charge in [0.2, 0.25) is 23.6 Å². The number of nitrogen functional groups attached to an aromatic ring is 1. The van der Waals surface area contributed by atoms with E-state index in [-0.39, 0.29) is 68.7 Å². The van der Waals surface area contributed by atoms with E-state index in [1.165, 1.54) is 43.5 Å². The van der Waals surface area contributed by atoms with Crippen LogP contribution in [0, 0.1) is 0 Å². The molecular weight excluding hydrogens is 1350 g/mol. The van der Waals surface area contributed by atoms with E-state index >= 15 is 0 Å². The highest BCUT2D eigenvalue weighted by atomic mass is 31.2. The van der Waals surface area contributed by atoms with Crippen LogP contribution in [0.15, 0.2) is 66.4 Å². The summed E-state index contributed by atoms with van der Waals surface area (Å²) in [6.45, 7) is 12.2. The van der Waals surface area contributed by atoms with Crippen molar-refractivity contribution in [2.75, 3.05) is 131 Å². The standard InChI is InChI=1S/C62H97N17O19P2/c1-41(80)64-21-13-14-44(70-61(86)97-62(2,3)4)57(83)69-45(34-42-15-17-43(91-8)18-16-42)58(84)72-52-48(96-59(54(52)82)79-40-68-53-55(73(5)6)66-39-67-56(53)79)38-94-100(89,90)98-46-35-51(78-22-19-49(63)71-60(78)85)95-47(46)37-93-99(87,88)92-33-12-10-9-11-20-65-50(81)36-77-31-29-75-25-23-74(7)24-26-76(28-27-75)30-32-77/h15-19,22,27-28,39-40,44-48,51-52,54,59,82H,9-14,20-21,23-26,29-38H2,1-8H3,(H,64,80)(H,65,81)(H,69,83)(H,70,86)(H,72,84)(H,87,88)(H,89,90)(H2,63,71,85)/t44-,45+,46?,47-,48-,51-,52?,54+,59-/m1/s1. The van der Waals surface area contributed by atoms with Crippen molar-refractivity contribution in [3.05, 3.63) is 77.6 Å². The molecule has 0 radical (unpaired) electrons. The van der Waals surface area contributed by atoms with Crippen LogP contribution in [0.1, 0.15) is 90.7 Å². The number of alkyl carbamates (subject to hydrolysis) is 1. The Morgan fingerprint density at radius 1 is 0.790 bits per heavy atom. The number of anilines is 2. The summed E-state index contributed by atoms with van der Waals surface area (Å²) in [7, 11) is -3.13. The number of rotatable bonds is 33. The average Bonchev–Trinajstić information content (AvgIpc) is 1.61. The van der Waals surface area contributed by atoms with Crippen LogP contribution >= 0.6 is 15.6 Å². The summed E-state index contributed by atoms with van der Waals surface area (Å²) in [5, 5.41) is 26.1. The van der Waals surface area contributed by atoms with Crippen LogP contribution < -0.4 is 47.6 Å². The fraction of sp³-hybridized carbons (Fsp3) is 0.645. The number of likely N-dealkylation sites (N-methyl/N-ethyl adjacent to an activating group) is 1. The number of carbonyl (C=O) groups excluding carboxylic acids is 5. The smallest absolute Gasteiger partial charge is 0.472 e. The fourth-order valence-electron chi connectivity index (χ4n) is 11.5. The number of phosphoric acid groups is 2. The maximum Gasteiger partial charge on any atom is 0.472 e. The van der Waals surface area contributed by atoms with Crippen molar-refractivity contribution in [1.82, 2.24) is 75.3 Å². The molecule has 8 rings (SSSR count). The van der Waals surface area contributed by atoms with Crippen LogP contribution in [-0.2, 0) is 67.0 Å². The molecule has 4 aromatic rings. The van der Waals surface area contributed by atoms with Crippen molar-refractivity contribution in [3.63, 3.8) is 0 Å². The molecule has 554 valence electrons. The number of methoxy groups -OCH3 is 1. The number of aromatic nitrogens is 6. The lowest BCUT2D eigenvalue weighted by molar-refractivity contribution is -0.131. The molecule has 2 fully saturated rings. The minimum atomic E-state index is -5.36. The van der Waals surface area contributed by atoms with Crippen molar-refractivity contribution in [2.45, 2.75) is 140 Å². The lowest BCUT2D eigenvalue weighted by atomic mass is 10.0. The average molecular weight is 1450 g/mol. The molecule has 11 atom stereocenters. The number of carbonyl (C=O) groups is 5. The van der Waals surface area contributed by atoms with Crippen molar-refractivity contribution in [1.29, 1.82) is 0 Å². The first-order valence-electron chi connectivity index (χ1n) is 33.3. The van der Waals surface area contributed by atoms with E-state index in [4.69, 9.17) is 42.8 Å². The zero-order valence-corrected chi connectivity index (χ0v) is 59.6. The molecule has 0 aliphatic carbocycles. The number of nitrogens with two attached hydrogens (primary N) is 1. The SMILES string of the molecule is COc1ccc(C[C@H](NC(=O)[C@@H](CCCNC(C)=O)NC(=O)OC(C)(C)C)C(=O)NC2[C@@H](COP(=O)(O)OC3C[C@H](n4ccc(N)nc4=O)O[C@@H]3COP(=O)(O)OCCCCCCNC(=O)CN3CCN4C=CN(CCN(C)CC4)CC3)O[C@@H](n3cnc4c(N(C)C)ncnc43)[C@H]2O)cc1. The van der Waals surface area contributed by atoms with Gasteiger partial charge in [-0.05, 0) is 77.3 Å². The molecule has 2 saturated heterocycles. The van der Waals surface area contributed by atoms with E-state index in [1.54, 1.807) is 64.0 Å². The molecule has 4 unspecified atom stereocenters. The van der Waals surface area contributed by atoms with Crippen molar-refractivity contribution in [3.8, 4) is 5.75 Å². The van der Waals surface area contributed by atoms with Gasteiger partial charge in [0.25, 0.3) is 0 Å². The van der Waals surface area contributed by atoms with E-state index in [1.807, 2.05) is 0 Å². The first-order valence-corrected chi connectivity index (χ1v) is 36.3. The summed E-state index contributed by atoms with van der Waals surface area (Å²) in [5.41, 5.74) is 4.95. The summed E-state index contributed by atoms with van der Waals surface area (Å²) in [6, 6.07) is 3.60. The van der Waals surface area contributed by atoms with Gasteiger partial charge < -0.3 is 85.8 Å². The minimum absolute atomic E-state index is 0.0171. The normalized spacial score (nSPS) is 22.6. The number of nitrogens with one attached hydrogen (secondary N) is 5. The number of nitrogens with zero attached hydrogens (tertiary/aromatic N) is 11. The molecule has 3 aromatic heterocycles. The van der Waals surface area contributed by atoms with Gasteiger partial charge in [-0.25, -0.2) is 33.7 Å². The van der Waals surface area contributed by atoms with Crippen LogP contribution in [0.2, 0.25) is 0 Å². The molecular formula is C62H97N17O19P2. The Labute approximate surface area is 580 Å². The van der Waals surface area contributed by atoms with Gasteiger partial charge >= 0.3 is 27.4 Å². The lowest BCUT2D eigenvalue weighted by Crippen LogP contribution is -2.58. The van der Waals surface area contributed by atoms with Crippen molar-refractivity contribution in [2.24, 2.45) is 0 Å². The van der Waals surface area contributed by atoms with Gasteiger partial charge in [-0.2, -0.15) is 4.98 Å². The Kier molecular flexibility index (Phi) is 28.5. The van der Waals surface area contributed by atoms with Crippen molar-refractivity contribution < 1.29 is 85.0 Å². The maximum atomic E-state index is 15.0. The number of unbranched alkanes of at least 4 members (excludes halogenated alkanes) is 3. The molecule has 5 amide bonds. The van der Waals surface area contributed by atoms with Crippen molar-refractivity contribution >= 4 is 68.2 Å². The second-order valence-corrected chi connectivity index (χ2v) is 28.9. The highest BCUT2D eigenvalue weighted by molar-refractivity contribution is 7.47. The Morgan fingerprint density at radius 3 is 2.13 bits per heavy atom. The summed E-state index contributed by atoms with van der Waals surface area (Å²) < 4.78 is 75.4. The van der Waals surface area contributed by atoms with Gasteiger partial charge in [0.1, 0.15) is 66.2 Å². The van der Waals surface area contributed by atoms with Crippen LogP contribution in [0.3, 0.4) is 0 Å². The maximum absolute atomic E-state index is 15.0. The fourth-order valence-corrected chi connectivity index (χ4v) is 13.2. The Hall–Kier alpha value is -7.44. The van der Waals surface area contributed by atoms with Crippen LogP contribution in [-0.4, -0.2) is 261 Å². The molecule has 2 bridgehead atoms. The number of imidazole rings is 1. The predicted octanol–water partition coefficient (Wildman–Crippen LogP) is 0.956. The highest BCUT2D eigenvalue weighted by Gasteiger charge is 2.49. The zero-order chi connectivity index (χ0) is 72.3. The number of aliphatic hydroxyl groups excluding tert-OH is 1. The van der Waals surface area contributed by atoms with E-state index in [0.717, 1.165) is 56.9 Å². The second kappa shape index (κ2) is 36.4. The third-order valence-electron chi connectivity index (χ3n) is 16.9. The number of benzene rings is 1. The molecule has 7 heterocycles.